The Hall–Kier alpha value is -3.56. The molecule has 0 saturated heterocycles. The lowest BCUT2D eigenvalue weighted by atomic mass is 10.2. The Morgan fingerprint density at radius 1 is 1.11 bits per heavy atom. The largest absolute Gasteiger partial charge is 0.367 e. The lowest BCUT2D eigenvalue weighted by Gasteiger charge is -2.08. The average Bonchev–Trinajstić information content (AvgIpc) is 2.95. The molecule has 0 bridgehead atoms. The van der Waals surface area contributed by atoms with Crippen molar-refractivity contribution in [1.29, 1.82) is 0 Å². The number of hydrogen-bond donors (Lipinski definition) is 2. The molecule has 3 heterocycles. The molecule has 0 spiro atoms. The van der Waals surface area contributed by atoms with E-state index >= 15 is 0 Å². The normalized spacial score (nSPS) is 10.7. The van der Waals surface area contributed by atoms with E-state index in [-0.39, 0.29) is 18.0 Å². The predicted molar refractivity (Wildman–Crippen MR) is 103 cm³/mol. The Labute approximate surface area is 161 Å². The molecule has 3 rings (SSSR count). The van der Waals surface area contributed by atoms with Crippen LogP contribution in [0.1, 0.15) is 17.0 Å². The zero-order chi connectivity index (χ0) is 20.1. The van der Waals surface area contributed by atoms with Crippen molar-refractivity contribution >= 4 is 11.7 Å². The summed E-state index contributed by atoms with van der Waals surface area (Å²) in [6.07, 6.45) is 1.46. The van der Waals surface area contributed by atoms with Crippen LogP contribution in [0.3, 0.4) is 0 Å². The van der Waals surface area contributed by atoms with Gasteiger partial charge in [0, 0.05) is 31.0 Å². The molecule has 0 radical (unpaired) electrons. The van der Waals surface area contributed by atoms with Crippen molar-refractivity contribution in [3.05, 3.63) is 57.8 Å². The molecule has 3 aromatic heterocycles. The van der Waals surface area contributed by atoms with Gasteiger partial charge in [0.1, 0.15) is 12.4 Å². The first-order valence-corrected chi connectivity index (χ1v) is 8.85. The first kappa shape index (κ1) is 19.2. The third-order valence-corrected chi connectivity index (χ3v) is 4.35. The Morgan fingerprint density at radius 2 is 1.93 bits per heavy atom. The minimum atomic E-state index is -0.316. The van der Waals surface area contributed by atoms with E-state index in [2.05, 4.69) is 31.0 Å². The van der Waals surface area contributed by atoms with Gasteiger partial charge in [0.2, 0.25) is 5.91 Å². The van der Waals surface area contributed by atoms with Gasteiger partial charge in [-0.1, -0.05) is 0 Å². The molecule has 3 aromatic rings. The van der Waals surface area contributed by atoms with Crippen LogP contribution in [0.4, 0.5) is 5.82 Å². The summed E-state index contributed by atoms with van der Waals surface area (Å²) in [4.78, 5) is 23.4. The molecule has 146 valence electrons. The van der Waals surface area contributed by atoms with Gasteiger partial charge in [0.05, 0.1) is 5.69 Å². The van der Waals surface area contributed by atoms with E-state index in [1.807, 2.05) is 32.9 Å². The fraction of sp³-hybridized carbons (Fsp3) is 0.333. The monoisotopic (exact) mass is 382 g/mol. The molecular formula is C18H22N8O2. The molecule has 28 heavy (non-hydrogen) atoms. The lowest BCUT2D eigenvalue weighted by Crippen LogP contribution is -2.35. The molecule has 0 aliphatic heterocycles. The lowest BCUT2D eigenvalue weighted by molar-refractivity contribution is -0.121. The highest BCUT2D eigenvalue weighted by molar-refractivity contribution is 5.75. The number of amides is 1. The molecule has 0 aliphatic rings. The first-order valence-electron chi connectivity index (χ1n) is 8.85. The van der Waals surface area contributed by atoms with Crippen LogP contribution >= 0.6 is 0 Å². The molecule has 1 amide bonds. The number of nitrogens with one attached hydrogen (secondary N) is 2. The summed E-state index contributed by atoms with van der Waals surface area (Å²) in [7, 11) is 0. The van der Waals surface area contributed by atoms with E-state index in [0.29, 0.717) is 24.7 Å². The number of anilines is 1. The predicted octanol–water partition coefficient (Wildman–Crippen LogP) is 0.373. The Bertz CT molecular complexity index is 1020. The molecule has 0 atom stereocenters. The van der Waals surface area contributed by atoms with Gasteiger partial charge in [-0.25, -0.2) is 9.36 Å². The van der Waals surface area contributed by atoms with Gasteiger partial charge >= 0.3 is 0 Å². The number of carbonyl (C=O) groups is 1. The summed E-state index contributed by atoms with van der Waals surface area (Å²) in [5.74, 6) is 0.953. The SMILES string of the molecule is Cc1nn(-c2ccc(NCCNC(=O)Cn3ncccc3=O)nn2)c(C)c1C. The van der Waals surface area contributed by atoms with Crippen molar-refractivity contribution in [2.75, 3.05) is 18.4 Å². The molecule has 0 fully saturated rings. The van der Waals surface area contributed by atoms with E-state index in [0.717, 1.165) is 21.6 Å². The minimum absolute atomic E-state index is 0.115. The number of carbonyl (C=O) groups excluding carboxylic acids is 1. The number of aromatic nitrogens is 6. The molecular weight excluding hydrogens is 360 g/mol. The summed E-state index contributed by atoms with van der Waals surface area (Å²) in [6.45, 7) is 6.70. The van der Waals surface area contributed by atoms with Gasteiger partial charge in [-0.2, -0.15) is 10.2 Å². The molecule has 2 N–H and O–H groups in total. The average molecular weight is 382 g/mol. The fourth-order valence-corrected chi connectivity index (χ4v) is 2.57. The van der Waals surface area contributed by atoms with Gasteiger partial charge in [0.25, 0.3) is 5.56 Å². The van der Waals surface area contributed by atoms with Gasteiger partial charge in [0.15, 0.2) is 5.82 Å². The molecule has 0 aliphatic carbocycles. The Kier molecular flexibility index (Phi) is 5.78. The standard InChI is InChI=1S/C18H22N8O2/c1-12-13(2)24-26(14(12)3)16-7-6-15(22-23-16)19-9-10-20-17(27)11-25-18(28)5-4-8-21-25/h4-8H,9-11H2,1-3H3,(H,19,22)(H,20,27). The van der Waals surface area contributed by atoms with E-state index in [9.17, 15) is 9.59 Å². The quantitative estimate of drug-likeness (QED) is 0.567. The van der Waals surface area contributed by atoms with Crippen LogP contribution in [0, 0.1) is 20.8 Å². The second-order valence-electron chi connectivity index (χ2n) is 6.28. The van der Waals surface area contributed by atoms with Crippen LogP contribution in [-0.2, 0) is 11.3 Å². The topological polar surface area (TPSA) is 120 Å². The molecule has 0 unspecified atom stereocenters. The second kappa shape index (κ2) is 8.42. The summed E-state index contributed by atoms with van der Waals surface area (Å²) in [5.41, 5.74) is 2.81. The zero-order valence-corrected chi connectivity index (χ0v) is 16.0. The van der Waals surface area contributed by atoms with Crippen LogP contribution in [0.15, 0.2) is 35.3 Å². The summed E-state index contributed by atoms with van der Waals surface area (Å²) >= 11 is 0. The van der Waals surface area contributed by atoms with Crippen molar-refractivity contribution in [1.82, 2.24) is 35.1 Å². The fourth-order valence-electron chi connectivity index (χ4n) is 2.57. The third kappa shape index (κ3) is 4.40. The zero-order valence-electron chi connectivity index (χ0n) is 16.0. The molecule has 10 heteroatoms. The van der Waals surface area contributed by atoms with Gasteiger partial charge in [-0.15, -0.1) is 10.2 Å². The highest BCUT2D eigenvalue weighted by Crippen LogP contribution is 2.15. The van der Waals surface area contributed by atoms with Gasteiger partial charge < -0.3 is 10.6 Å². The first-order chi connectivity index (χ1) is 13.5. The number of aryl methyl sites for hydroxylation is 1. The van der Waals surface area contributed by atoms with Crippen molar-refractivity contribution in [3.8, 4) is 5.82 Å². The number of rotatable bonds is 7. The van der Waals surface area contributed by atoms with E-state index in [1.165, 1.54) is 18.3 Å². The number of hydrogen-bond acceptors (Lipinski definition) is 7. The Balaban J connectivity index is 1.47. The smallest absolute Gasteiger partial charge is 0.267 e. The Morgan fingerprint density at radius 3 is 2.57 bits per heavy atom. The van der Waals surface area contributed by atoms with Gasteiger partial charge in [-0.3, -0.25) is 9.59 Å². The highest BCUT2D eigenvalue weighted by atomic mass is 16.2. The summed E-state index contributed by atoms with van der Waals surface area (Å²) < 4.78 is 2.87. The molecule has 10 nitrogen and oxygen atoms in total. The second-order valence-corrected chi connectivity index (χ2v) is 6.28. The highest BCUT2D eigenvalue weighted by Gasteiger charge is 2.10. The van der Waals surface area contributed by atoms with E-state index in [1.54, 1.807) is 4.68 Å². The van der Waals surface area contributed by atoms with E-state index < -0.39 is 0 Å². The van der Waals surface area contributed by atoms with Crippen LogP contribution in [0.5, 0.6) is 0 Å². The van der Waals surface area contributed by atoms with Crippen molar-refractivity contribution in [2.24, 2.45) is 0 Å². The van der Waals surface area contributed by atoms with Crippen LogP contribution in [-0.4, -0.2) is 48.8 Å². The van der Waals surface area contributed by atoms with Crippen LogP contribution < -0.4 is 16.2 Å². The van der Waals surface area contributed by atoms with Crippen molar-refractivity contribution < 1.29 is 4.79 Å². The van der Waals surface area contributed by atoms with Crippen LogP contribution in [0.25, 0.3) is 5.82 Å². The van der Waals surface area contributed by atoms with Gasteiger partial charge in [-0.05, 0) is 44.5 Å². The van der Waals surface area contributed by atoms with Crippen LogP contribution in [0.2, 0.25) is 0 Å². The number of nitrogens with zero attached hydrogens (tertiary/aromatic N) is 6. The maximum atomic E-state index is 11.9. The van der Waals surface area contributed by atoms with Crippen molar-refractivity contribution in [3.63, 3.8) is 0 Å². The maximum absolute atomic E-state index is 11.9. The van der Waals surface area contributed by atoms with Crippen molar-refractivity contribution in [2.45, 2.75) is 27.3 Å². The summed E-state index contributed by atoms with van der Waals surface area (Å²) in [5, 5.41) is 22.4. The molecule has 0 saturated carbocycles. The maximum Gasteiger partial charge on any atom is 0.267 e. The summed E-state index contributed by atoms with van der Waals surface area (Å²) in [6, 6.07) is 6.53. The van der Waals surface area contributed by atoms with E-state index in [4.69, 9.17) is 0 Å². The molecule has 0 aromatic carbocycles. The minimum Gasteiger partial charge on any atom is -0.367 e. The third-order valence-electron chi connectivity index (χ3n) is 4.35.